The smallest absolute Gasteiger partial charge is 0.232 e. The van der Waals surface area contributed by atoms with Gasteiger partial charge in [-0.2, -0.15) is 4.98 Å². The van der Waals surface area contributed by atoms with Crippen molar-refractivity contribution in [2.75, 3.05) is 26.7 Å². The van der Waals surface area contributed by atoms with Gasteiger partial charge in [-0.15, -0.1) is 12.4 Å². The molecular weight excluding hydrogens is 252 g/mol. The fraction of sp³-hybridized carbons (Fsp3) is 0.833. The van der Waals surface area contributed by atoms with Crippen molar-refractivity contribution in [3.05, 3.63) is 11.7 Å². The Morgan fingerprint density at radius 1 is 1.44 bits per heavy atom. The molecule has 1 unspecified atom stereocenters. The standard InChI is InChI=1S/C12H20N4O.ClH/c1-12(4-3-5-12)11-14-10(15-17-11)9-8-13-6-7-16(9)2;/h9,13H,3-8H2,1-2H3;1H. The molecule has 3 rings (SSSR count). The minimum Gasteiger partial charge on any atom is -0.339 e. The van der Waals surface area contributed by atoms with E-state index in [1.165, 1.54) is 19.3 Å². The number of nitrogens with zero attached hydrogens (tertiary/aromatic N) is 3. The first kappa shape index (κ1) is 13.8. The molecule has 2 heterocycles. The number of nitrogens with one attached hydrogen (secondary N) is 1. The predicted octanol–water partition coefficient (Wildman–Crippen LogP) is 1.51. The van der Waals surface area contributed by atoms with E-state index in [1.54, 1.807) is 0 Å². The molecule has 6 heteroatoms. The molecule has 1 aromatic rings. The van der Waals surface area contributed by atoms with Crippen LogP contribution in [0.15, 0.2) is 4.52 Å². The highest BCUT2D eigenvalue weighted by molar-refractivity contribution is 5.85. The van der Waals surface area contributed by atoms with E-state index in [1.807, 2.05) is 0 Å². The third-order valence-corrected chi connectivity index (χ3v) is 4.22. The number of aromatic nitrogens is 2. The van der Waals surface area contributed by atoms with E-state index in [4.69, 9.17) is 4.52 Å². The maximum Gasteiger partial charge on any atom is 0.232 e. The normalized spacial score (nSPS) is 27.3. The van der Waals surface area contributed by atoms with Crippen molar-refractivity contribution < 1.29 is 4.52 Å². The van der Waals surface area contributed by atoms with Gasteiger partial charge in [0.25, 0.3) is 0 Å². The topological polar surface area (TPSA) is 54.2 Å². The number of halogens is 1. The lowest BCUT2D eigenvalue weighted by atomic mass is 9.70. The average molecular weight is 273 g/mol. The molecule has 1 N–H and O–H groups in total. The maximum absolute atomic E-state index is 5.46. The predicted molar refractivity (Wildman–Crippen MR) is 71.0 cm³/mol. The van der Waals surface area contributed by atoms with Crippen LogP contribution in [0, 0.1) is 0 Å². The van der Waals surface area contributed by atoms with E-state index in [0.29, 0.717) is 0 Å². The fourth-order valence-corrected chi connectivity index (χ4v) is 2.63. The molecule has 0 bridgehead atoms. The van der Waals surface area contributed by atoms with Gasteiger partial charge in [0, 0.05) is 25.0 Å². The molecule has 102 valence electrons. The lowest BCUT2D eigenvalue weighted by Crippen LogP contribution is -2.44. The van der Waals surface area contributed by atoms with E-state index in [2.05, 4.69) is 34.3 Å². The maximum atomic E-state index is 5.46. The molecule has 1 saturated carbocycles. The van der Waals surface area contributed by atoms with Crippen LogP contribution >= 0.6 is 12.4 Å². The van der Waals surface area contributed by atoms with Crippen molar-refractivity contribution in [3.8, 4) is 0 Å². The summed E-state index contributed by atoms with van der Waals surface area (Å²) in [6, 6.07) is 0.255. The Kier molecular flexibility index (Phi) is 3.94. The molecule has 2 fully saturated rings. The quantitative estimate of drug-likeness (QED) is 0.884. The number of hydrogen-bond donors (Lipinski definition) is 1. The number of likely N-dealkylation sites (N-methyl/N-ethyl adjacent to an activating group) is 1. The van der Waals surface area contributed by atoms with Gasteiger partial charge < -0.3 is 9.84 Å². The van der Waals surface area contributed by atoms with Gasteiger partial charge in [-0.05, 0) is 19.9 Å². The van der Waals surface area contributed by atoms with Crippen molar-refractivity contribution in [2.24, 2.45) is 0 Å². The molecule has 1 aliphatic carbocycles. The highest BCUT2D eigenvalue weighted by atomic mass is 35.5. The van der Waals surface area contributed by atoms with Gasteiger partial charge in [-0.25, -0.2) is 0 Å². The monoisotopic (exact) mass is 272 g/mol. The molecule has 2 aliphatic rings. The van der Waals surface area contributed by atoms with Crippen molar-refractivity contribution in [3.63, 3.8) is 0 Å². The molecular formula is C12H21ClN4O. The first-order chi connectivity index (χ1) is 8.19. The summed E-state index contributed by atoms with van der Waals surface area (Å²) < 4.78 is 5.46. The lowest BCUT2D eigenvalue weighted by Gasteiger charge is -2.34. The molecule has 18 heavy (non-hydrogen) atoms. The molecule has 1 aliphatic heterocycles. The second-order valence-electron chi connectivity index (χ2n) is 5.57. The summed E-state index contributed by atoms with van der Waals surface area (Å²) >= 11 is 0. The molecule has 0 aromatic carbocycles. The van der Waals surface area contributed by atoms with E-state index >= 15 is 0 Å². The fourth-order valence-electron chi connectivity index (χ4n) is 2.63. The Hall–Kier alpha value is -0.650. The third-order valence-electron chi connectivity index (χ3n) is 4.22. The molecule has 1 atom stereocenters. The number of rotatable bonds is 2. The molecule has 0 radical (unpaired) electrons. The SMILES string of the molecule is CN1CCNCC1c1noc(C2(C)CCC2)n1.Cl. The van der Waals surface area contributed by atoms with Crippen molar-refractivity contribution in [2.45, 2.75) is 37.6 Å². The van der Waals surface area contributed by atoms with Gasteiger partial charge in [-0.3, -0.25) is 4.90 Å². The van der Waals surface area contributed by atoms with Crippen molar-refractivity contribution in [1.82, 2.24) is 20.4 Å². The summed E-state index contributed by atoms with van der Waals surface area (Å²) in [5, 5.41) is 7.55. The van der Waals surface area contributed by atoms with Crippen LogP contribution < -0.4 is 5.32 Å². The van der Waals surface area contributed by atoms with Gasteiger partial charge in [0.2, 0.25) is 5.89 Å². The Balaban J connectivity index is 0.00000120. The molecule has 1 aromatic heterocycles. The zero-order valence-electron chi connectivity index (χ0n) is 11.0. The van der Waals surface area contributed by atoms with Crippen LogP contribution in [0.5, 0.6) is 0 Å². The molecule has 5 nitrogen and oxygen atoms in total. The Morgan fingerprint density at radius 3 is 2.83 bits per heavy atom. The van der Waals surface area contributed by atoms with Crippen molar-refractivity contribution in [1.29, 1.82) is 0 Å². The average Bonchev–Trinajstić information content (AvgIpc) is 2.76. The Morgan fingerprint density at radius 2 is 2.22 bits per heavy atom. The van der Waals surface area contributed by atoms with Crippen LogP contribution in [0.3, 0.4) is 0 Å². The highest BCUT2D eigenvalue weighted by Gasteiger charge is 2.39. The first-order valence-corrected chi connectivity index (χ1v) is 6.44. The number of hydrogen-bond acceptors (Lipinski definition) is 5. The summed E-state index contributed by atoms with van der Waals surface area (Å²) in [5.74, 6) is 1.67. The van der Waals surface area contributed by atoms with Gasteiger partial charge in [0.05, 0.1) is 6.04 Å². The lowest BCUT2D eigenvalue weighted by molar-refractivity contribution is 0.184. The Labute approximate surface area is 114 Å². The summed E-state index contributed by atoms with van der Waals surface area (Å²) in [6.45, 7) is 5.20. The zero-order chi connectivity index (χ0) is 11.9. The minimum absolute atomic E-state index is 0. The molecule has 1 saturated heterocycles. The Bertz CT molecular complexity index is 405. The number of piperazine rings is 1. The van der Waals surface area contributed by atoms with Crippen molar-refractivity contribution >= 4 is 12.4 Å². The van der Waals surface area contributed by atoms with E-state index in [-0.39, 0.29) is 23.9 Å². The van der Waals surface area contributed by atoms with Gasteiger partial charge >= 0.3 is 0 Å². The minimum atomic E-state index is 0. The second kappa shape index (κ2) is 5.15. The first-order valence-electron chi connectivity index (χ1n) is 6.44. The van der Waals surface area contributed by atoms with Gasteiger partial charge in [0.15, 0.2) is 5.82 Å². The molecule has 0 spiro atoms. The summed E-state index contributed by atoms with van der Waals surface area (Å²) in [5.41, 5.74) is 0.145. The zero-order valence-corrected chi connectivity index (χ0v) is 11.8. The summed E-state index contributed by atoms with van der Waals surface area (Å²) in [4.78, 5) is 6.90. The van der Waals surface area contributed by atoms with E-state index < -0.39 is 0 Å². The van der Waals surface area contributed by atoms with Crippen LogP contribution in [0.4, 0.5) is 0 Å². The van der Waals surface area contributed by atoms with E-state index in [0.717, 1.165) is 31.3 Å². The largest absolute Gasteiger partial charge is 0.339 e. The third kappa shape index (κ3) is 2.27. The van der Waals surface area contributed by atoms with Crippen LogP contribution in [0.25, 0.3) is 0 Å². The van der Waals surface area contributed by atoms with Gasteiger partial charge in [0.1, 0.15) is 0 Å². The van der Waals surface area contributed by atoms with Crippen LogP contribution in [0.2, 0.25) is 0 Å². The van der Waals surface area contributed by atoms with Crippen LogP contribution in [0.1, 0.15) is 43.9 Å². The van der Waals surface area contributed by atoms with Crippen LogP contribution in [-0.4, -0.2) is 41.7 Å². The molecule has 0 amide bonds. The second-order valence-corrected chi connectivity index (χ2v) is 5.57. The summed E-state index contributed by atoms with van der Waals surface area (Å²) in [6.07, 6.45) is 3.62. The van der Waals surface area contributed by atoms with Crippen LogP contribution in [-0.2, 0) is 5.41 Å². The summed E-state index contributed by atoms with van der Waals surface area (Å²) in [7, 11) is 2.12. The highest BCUT2D eigenvalue weighted by Crippen LogP contribution is 2.42. The van der Waals surface area contributed by atoms with Gasteiger partial charge in [-0.1, -0.05) is 18.5 Å². The van der Waals surface area contributed by atoms with E-state index in [9.17, 15) is 0 Å².